The van der Waals surface area contributed by atoms with Crippen molar-refractivity contribution in [3.05, 3.63) is 17.5 Å². The minimum absolute atomic E-state index is 0.0226. The lowest BCUT2D eigenvalue weighted by Crippen LogP contribution is -2.34. The molecule has 5 nitrogen and oxygen atoms in total. The summed E-state index contributed by atoms with van der Waals surface area (Å²) in [5, 5.41) is 4.45. The highest BCUT2D eigenvalue weighted by Crippen LogP contribution is 2.24. The minimum atomic E-state index is -0.887. The van der Waals surface area contributed by atoms with E-state index < -0.39 is 10.8 Å². The number of hydrogen-bond donors (Lipinski definition) is 0. The summed E-state index contributed by atoms with van der Waals surface area (Å²) in [4.78, 5) is 14.7. The van der Waals surface area contributed by atoms with Crippen molar-refractivity contribution in [2.75, 3.05) is 18.8 Å². The summed E-state index contributed by atoms with van der Waals surface area (Å²) in [5.41, 5.74) is 1.62. The van der Waals surface area contributed by atoms with Crippen LogP contribution in [0.1, 0.15) is 69.1 Å². The predicted molar refractivity (Wildman–Crippen MR) is 94.2 cm³/mol. The second-order valence-corrected chi connectivity index (χ2v) is 9.11. The van der Waals surface area contributed by atoms with Crippen LogP contribution in [0.15, 0.2) is 6.20 Å². The average molecular weight is 340 g/mol. The molecule has 6 heteroatoms. The van der Waals surface area contributed by atoms with Crippen LogP contribution in [0.2, 0.25) is 0 Å². The molecule has 0 bridgehead atoms. The fourth-order valence-electron chi connectivity index (χ4n) is 3.11. The summed E-state index contributed by atoms with van der Waals surface area (Å²) >= 11 is 0. The maximum absolute atomic E-state index is 12.9. The number of nitrogens with zero attached hydrogens (tertiary/aromatic N) is 3. The molecule has 0 spiro atoms. The van der Waals surface area contributed by atoms with Crippen molar-refractivity contribution in [2.24, 2.45) is 0 Å². The van der Waals surface area contributed by atoms with Crippen LogP contribution in [0.25, 0.3) is 0 Å². The van der Waals surface area contributed by atoms with Gasteiger partial charge in [0, 0.05) is 40.1 Å². The smallest absolute Gasteiger partial charge is 0.257 e. The first kappa shape index (κ1) is 18.2. The lowest BCUT2D eigenvalue weighted by atomic mass is 10.1. The van der Waals surface area contributed by atoms with Crippen LogP contribution in [-0.4, -0.2) is 48.4 Å². The van der Waals surface area contributed by atoms with Crippen molar-refractivity contribution < 1.29 is 9.00 Å². The molecule has 1 atom stereocenters. The van der Waals surface area contributed by atoms with Gasteiger partial charge in [0.25, 0.3) is 5.91 Å². The van der Waals surface area contributed by atoms with Gasteiger partial charge in [-0.1, -0.05) is 13.8 Å². The predicted octanol–water partition coefficient (Wildman–Crippen LogP) is 2.93. The van der Waals surface area contributed by atoms with Crippen molar-refractivity contribution in [1.82, 2.24) is 14.7 Å². The van der Waals surface area contributed by atoms with Gasteiger partial charge in [-0.3, -0.25) is 13.7 Å². The van der Waals surface area contributed by atoms with Crippen LogP contribution in [0.4, 0.5) is 0 Å². The van der Waals surface area contributed by atoms with E-state index in [0.29, 0.717) is 30.4 Å². The number of hydrogen-bond acceptors (Lipinski definition) is 3. The molecule has 1 amide bonds. The molecule has 1 aliphatic rings. The summed E-state index contributed by atoms with van der Waals surface area (Å²) < 4.78 is 14.0. The Morgan fingerprint density at radius 1 is 1.35 bits per heavy atom. The van der Waals surface area contributed by atoms with Crippen molar-refractivity contribution >= 4 is 16.7 Å². The summed E-state index contributed by atoms with van der Waals surface area (Å²) in [6, 6.07) is 0.340. The van der Waals surface area contributed by atoms with Gasteiger partial charge < -0.3 is 4.90 Å². The van der Waals surface area contributed by atoms with E-state index in [4.69, 9.17) is 0 Å². The Morgan fingerprint density at radius 3 is 2.61 bits per heavy atom. The second kappa shape index (κ2) is 7.16. The van der Waals surface area contributed by atoms with E-state index in [1.807, 2.05) is 30.4 Å². The summed E-state index contributed by atoms with van der Waals surface area (Å²) in [5.74, 6) is 0.577. The first-order valence-corrected chi connectivity index (χ1v) is 9.85. The highest BCUT2D eigenvalue weighted by Gasteiger charge is 2.32. The second-order valence-electron chi connectivity index (χ2n) is 6.91. The van der Waals surface area contributed by atoms with Gasteiger partial charge in [0.1, 0.15) is 0 Å². The van der Waals surface area contributed by atoms with Crippen molar-refractivity contribution in [3.63, 3.8) is 0 Å². The molecule has 23 heavy (non-hydrogen) atoms. The number of amides is 1. The van der Waals surface area contributed by atoms with E-state index in [-0.39, 0.29) is 10.7 Å². The Labute approximate surface area is 141 Å². The molecule has 2 heterocycles. The highest BCUT2D eigenvalue weighted by molar-refractivity contribution is 7.86. The van der Waals surface area contributed by atoms with Gasteiger partial charge in [0.05, 0.1) is 17.8 Å². The van der Waals surface area contributed by atoms with Gasteiger partial charge in [0.15, 0.2) is 0 Å². The third-order valence-electron chi connectivity index (χ3n) is 5.00. The average Bonchev–Trinajstić information content (AvgIpc) is 2.83. The molecule has 1 aliphatic heterocycles. The highest BCUT2D eigenvalue weighted by atomic mass is 32.2. The Kier molecular flexibility index (Phi) is 5.65. The number of carbonyl (C=O) groups excluding carboxylic acids is 1. The van der Waals surface area contributed by atoms with E-state index in [1.165, 1.54) is 0 Å². The van der Waals surface area contributed by atoms with Gasteiger partial charge in [-0.15, -0.1) is 0 Å². The zero-order valence-electron chi connectivity index (χ0n) is 15.0. The molecule has 1 fully saturated rings. The van der Waals surface area contributed by atoms with E-state index in [0.717, 1.165) is 25.0 Å². The Morgan fingerprint density at radius 2 is 2.00 bits per heavy atom. The summed E-state index contributed by atoms with van der Waals surface area (Å²) in [7, 11) is -0.887. The monoisotopic (exact) mass is 339 g/mol. The van der Waals surface area contributed by atoms with Gasteiger partial charge in [0.2, 0.25) is 0 Å². The first-order chi connectivity index (χ1) is 10.8. The van der Waals surface area contributed by atoms with Crippen LogP contribution >= 0.6 is 0 Å². The topological polar surface area (TPSA) is 55.2 Å². The van der Waals surface area contributed by atoms with Crippen molar-refractivity contribution in [3.8, 4) is 0 Å². The Hall–Kier alpha value is -1.17. The Bertz CT molecular complexity index is 591. The molecule has 1 aromatic rings. The van der Waals surface area contributed by atoms with Gasteiger partial charge >= 0.3 is 0 Å². The molecule has 0 aromatic carbocycles. The van der Waals surface area contributed by atoms with Crippen LogP contribution in [0.3, 0.4) is 0 Å². The van der Waals surface area contributed by atoms with Crippen LogP contribution in [0.5, 0.6) is 0 Å². The molecule has 0 saturated carbocycles. The number of aromatic nitrogens is 2. The molecule has 0 N–H and O–H groups in total. The van der Waals surface area contributed by atoms with Gasteiger partial charge in [-0.05, 0) is 40.0 Å². The number of rotatable bonds is 4. The fourth-order valence-corrected chi connectivity index (χ4v) is 4.37. The SMILES string of the molecule is CCC(CC)n1ncc(C(=O)N2CC[S@@](=O)C(C)(C)CC2)c1C. The molecule has 0 aliphatic carbocycles. The van der Waals surface area contributed by atoms with E-state index in [1.54, 1.807) is 6.20 Å². The molecule has 130 valence electrons. The maximum atomic E-state index is 12.9. The first-order valence-electron chi connectivity index (χ1n) is 8.53. The van der Waals surface area contributed by atoms with Crippen molar-refractivity contribution in [1.29, 1.82) is 0 Å². The summed E-state index contributed by atoms with van der Waals surface area (Å²) in [6.07, 6.45) is 4.47. The zero-order valence-corrected chi connectivity index (χ0v) is 15.8. The lowest BCUT2D eigenvalue weighted by Gasteiger charge is -2.22. The third-order valence-corrected chi connectivity index (χ3v) is 6.99. The quantitative estimate of drug-likeness (QED) is 0.847. The van der Waals surface area contributed by atoms with E-state index >= 15 is 0 Å². The molecule has 1 aromatic heterocycles. The maximum Gasteiger partial charge on any atom is 0.257 e. The van der Waals surface area contributed by atoms with Crippen molar-refractivity contribution in [2.45, 2.75) is 64.7 Å². The normalized spacial score (nSPS) is 21.5. The number of carbonyl (C=O) groups is 1. The van der Waals surface area contributed by atoms with Crippen LogP contribution in [0, 0.1) is 6.92 Å². The van der Waals surface area contributed by atoms with Crippen LogP contribution in [-0.2, 0) is 10.8 Å². The minimum Gasteiger partial charge on any atom is -0.338 e. The molecule has 2 rings (SSSR count). The Balaban J connectivity index is 2.20. The largest absolute Gasteiger partial charge is 0.338 e. The molecule has 1 saturated heterocycles. The standard InChI is InChI=1S/C17H29N3O2S/c1-6-14(7-2)20-13(3)15(12-18-20)16(21)19-9-8-17(4,5)23(22)11-10-19/h12,14H,6-11H2,1-5H3/t23-/m1/s1. The fraction of sp³-hybridized carbons (Fsp3) is 0.765. The molecule has 0 unspecified atom stereocenters. The van der Waals surface area contributed by atoms with Crippen LogP contribution < -0.4 is 0 Å². The van der Waals surface area contributed by atoms with Gasteiger partial charge in [-0.25, -0.2) is 0 Å². The van der Waals surface area contributed by atoms with E-state index in [9.17, 15) is 9.00 Å². The lowest BCUT2D eigenvalue weighted by molar-refractivity contribution is 0.0763. The zero-order chi connectivity index (χ0) is 17.2. The molecular formula is C17H29N3O2S. The van der Waals surface area contributed by atoms with Gasteiger partial charge in [-0.2, -0.15) is 5.10 Å². The molecular weight excluding hydrogens is 310 g/mol. The third kappa shape index (κ3) is 3.67. The molecule has 0 radical (unpaired) electrons. The van der Waals surface area contributed by atoms with E-state index in [2.05, 4.69) is 18.9 Å². The summed E-state index contributed by atoms with van der Waals surface area (Å²) in [6.45, 7) is 11.5.